The van der Waals surface area contributed by atoms with Crippen molar-refractivity contribution in [2.75, 3.05) is 29.2 Å². The number of amides is 2. The Balaban J connectivity index is 1.67. The van der Waals surface area contributed by atoms with Crippen LogP contribution in [0.25, 0.3) is 0 Å². The second-order valence-corrected chi connectivity index (χ2v) is 12.7. The molecule has 3 unspecified atom stereocenters. The van der Waals surface area contributed by atoms with Crippen LogP contribution < -0.4 is 15.5 Å². The Labute approximate surface area is 283 Å². The lowest BCUT2D eigenvalue weighted by molar-refractivity contribution is -0.145. The molecule has 0 spiro atoms. The summed E-state index contributed by atoms with van der Waals surface area (Å²) in [5, 5.41) is 16.3. The summed E-state index contributed by atoms with van der Waals surface area (Å²) in [5.74, 6) is -2.96. The van der Waals surface area contributed by atoms with Crippen molar-refractivity contribution < 1.29 is 29.0 Å². The van der Waals surface area contributed by atoms with Crippen LogP contribution in [-0.4, -0.2) is 58.9 Å². The highest BCUT2D eigenvalue weighted by molar-refractivity contribution is 6.30. The van der Waals surface area contributed by atoms with Crippen molar-refractivity contribution in [3.8, 4) is 0 Å². The van der Waals surface area contributed by atoms with Gasteiger partial charge in [0.25, 0.3) is 11.8 Å². The molecule has 0 bridgehead atoms. The predicted molar refractivity (Wildman–Crippen MR) is 181 cm³/mol. The Kier molecular flexibility index (Phi) is 11.7. The molecule has 9 nitrogen and oxygen atoms in total. The molecule has 46 heavy (non-hydrogen) atoms. The number of carbonyl (C=O) groups excluding carboxylic acids is 3. The van der Waals surface area contributed by atoms with E-state index < -0.39 is 35.4 Å². The molecule has 3 N–H and O–H groups in total. The molecule has 0 saturated carbocycles. The van der Waals surface area contributed by atoms with Crippen molar-refractivity contribution in [3.05, 3.63) is 93.5 Å². The van der Waals surface area contributed by atoms with E-state index in [4.69, 9.17) is 39.5 Å². The van der Waals surface area contributed by atoms with Crippen molar-refractivity contribution >= 4 is 69.9 Å². The van der Waals surface area contributed by atoms with Crippen LogP contribution in [0, 0.1) is 13.8 Å². The number of esters is 1. The summed E-state index contributed by atoms with van der Waals surface area (Å²) in [6.45, 7) is 5.18. The van der Waals surface area contributed by atoms with Gasteiger partial charge in [0, 0.05) is 51.4 Å². The maximum absolute atomic E-state index is 14.1. The number of ether oxygens (including phenoxy) is 1. The number of anilines is 2. The summed E-state index contributed by atoms with van der Waals surface area (Å²) in [6, 6.07) is 17.5. The summed E-state index contributed by atoms with van der Waals surface area (Å²) < 4.78 is 5.04. The molecule has 3 atom stereocenters. The first-order valence-electron chi connectivity index (χ1n) is 14.8. The number of aryl methyl sites for hydroxylation is 2. The molecule has 4 rings (SSSR count). The van der Waals surface area contributed by atoms with Gasteiger partial charge < -0.3 is 20.1 Å². The number of aliphatic carboxylic acids is 1. The van der Waals surface area contributed by atoms with Gasteiger partial charge in [-0.15, -0.1) is 11.6 Å². The minimum atomic E-state index is -1.28. The quantitative estimate of drug-likeness (QED) is 0.148. The van der Waals surface area contributed by atoms with Crippen LogP contribution in [0.4, 0.5) is 11.4 Å². The van der Waals surface area contributed by atoms with E-state index in [0.717, 1.165) is 5.56 Å². The number of rotatable bonds is 11. The molecule has 0 aromatic heterocycles. The first-order chi connectivity index (χ1) is 21.8. The first kappa shape index (κ1) is 35.2. The summed E-state index contributed by atoms with van der Waals surface area (Å²) >= 11 is 18.8. The molecule has 2 amide bonds. The normalized spacial score (nSPS) is 16.4. The molecule has 244 valence electrons. The van der Waals surface area contributed by atoms with E-state index in [1.807, 2.05) is 19.1 Å². The summed E-state index contributed by atoms with van der Waals surface area (Å²) in [5.41, 5.74) is 2.12. The van der Waals surface area contributed by atoms with Gasteiger partial charge in [0.2, 0.25) is 0 Å². The van der Waals surface area contributed by atoms with Crippen molar-refractivity contribution in [1.82, 2.24) is 5.32 Å². The van der Waals surface area contributed by atoms with Crippen molar-refractivity contribution in [3.63, 3.8) is 0 Å². The van der Waals surface area contributed by atoms with Crippen LogP contribution in [0.1, 0.15) is 69.5 Å². The predicted octanol–water partition coefficient (Wildman–Crippen LogP) is 6.90. The topological polar surface area (TPSA) is 125 Å². The minimum Gasteiger partial charge on any atom is -0.481 e. The lowest BCUT2D eigenvalue weighted by Crippen LogP contribution is -2.55. The lowest BCUT2D eigenvalue weighted by Gasteiger charge is -2.40. The van der Waals surface area contributed by atoms with Gasteiger partial charge in [0.05, 0.1) is 13.0 Å². The number of carbonyl (C=O) groups is 4. The number of halogens is 3. The van der Waals surface area contributed by atoms with Gasteiger partial charge in [-0.25, -0.2) is 0 Å². The second kappa shape index (κ2) is 15.3. The molecule has 3 aromatic rings. The molecule has 0 aliphatic carbocycles. The van der Waals surface area contributed by atoms with Gasteiger partial charge in [0.1, 0.15) is 0 Å². The van der Waals surface area contributed by atoms with Crippen LogP contribution in [0.5, 0.6) is 0 Å². The monoisotopic (exact) mass is 687 g/mol. The molecule has 0 saturated heterocycles. The van der Waals surface area contributed by atoms with Gasteiger partial charge in [-0.05, 0) is 92.8 Å². The average molecular weight is 689 g/mol. The Morgan fingerprint density at radius 1 is 1.04 bits per heavy atom. The van der Waals surface area contributed by atoms with Gasteiger partial charge >= 0.3 is 11.9 Å². The zero-order valence-electron chi connectivity index (χ0n) is 25.7. The van der Waals surface area contributed by atoms with Crippen molar-refractivity contribution in [2.45, 2.75) is 57.1 Å². The largest absolute Gasteiger partial charge is 0.481 e. The Morgan fingerprint density at radius 2 is 1.78 bits per heavy atom. The molecule has 0 radical (unpaired) electrons. The fraction of sp³-hybridized carbons (Fsp3) is 0.353. The lowest BCUT2D eigenvalue weighted by atomic mass is 9.75. The molecule has 12 heteroatoms. The van der Waals surface area contributed by atoms with Crippen LogP contribution in [0.3, 0.4) is 0 Å². The third kappa shape index (κ3) is 8.20. The second-order valence-electron chi connectivity index (χ2n) is 11.4. The van der Waals surface area contributed by atoms with Gasteiger partial charge in [-0.2, -0.15) is 0 Å². The number of carboxylic acid groups (broad SMARTS) is 1. The highest BCUT2D eigenvalue weighted by atomic mass is 35.5. The van der Waals surface area contributed by atoms with Gasteiger partial charge in [-0.1, -0.05) is 41.4 Å². The number of hydrogen-bond acceptors (Lipinski definition) is 6. The van der Waals surface area contributed by atoms with Crippen LogP contribution in [-0.2, 0) is 14.3 Å². The highest BCUT2D eigenvalue weighted by Crippen LogP contribution is 2.44. The molecular formula is C34H36Cl3N3O6. The highest BCUT2D eigenvalue weighted by Gasteiger charge is 2.44. The molecule has 1 aliphatic rings. The summed E-state index contributed by atoms with van der Waals surface area (Å²) in [7, 11) is 0. The fourth-order valence-electron chi connectivity index (χ4n) is 5.95. The Morgan fingerprint density at radius 3 is 2.43 bits per heavy atom. The Bertz CT molecular complexity index is 1630. The number of hydrogen-bond donors (Lipinski definition) is 3. The van der Waals surface area contributed by atoms with Crippen molar-refractivity contribution in [2.24, 2.45) is 0 Å². The minimum absolute atomic E-state index is 0.150. The zero-order valence-corrected chi connectivity index (χ0v) is 28.0. The van der Waals surface area contributed by atoms with E-state index >= 15 is 0 Å². The number of nitrogens with zero attached hydrogens (tertiary/aromatic N) is 1. The average Bonchev–Trinajstić information content (AvgIpc) is 3.18. The van der Waals surface area contributed by atoms with Gasteiger partial charge in [-0.3, -0.25) is 24.5 Å². The van der Waals surface area contributed by atoms with Crippen LogP contribution >= 0.6 is 34.8 Å². The maximum Gasteiger partial charge on any atom is 0.321 e. The van der Waals surface area contributed by atoms with E-state index in [1.165, 1.54) is 6.92 Å². The molecule has 0 fully saturated rings. The number of nitrogens with one attached hydrogen (secondary N) is 2. The Hall–Kier alpha value is -3.63. The number of carboxylic acids is 1. The number of fused-ring (bicyclic) bond motifs is 1. The maximum atomic E-state index is 14.1. The summed E-state index contributed by atoms with van der Waals surface area (Å²) in [4.78, 5) is 53.2. The standard InChI is InChI=1S/C34H36Cl3N3O6/c1-20-7-4-5-8-25(20)32(44)39-24-11-12-26(21(2)15-24)33(45)40-14-6-9-28(27-16-23(37)10-13-29(27)40)34(19-35,17-30(41)42)38-18-31(43)46-22(3)36/h4-5,7-8,10-13,15-16,22,28,38H,6,9,14,17-19H2,1-3H3,(H,39,44)(H,41,42). The molecule has 1 aliphatic heterocycles. The van der Waals surface area contributed by atoms with E-state index in [9.17, 15) is 24.3 Å². The molecular weight excluding hydrogens is 653 g/mol. The van der Waals surface area contributed by atoms with Crippen LogP contribution in [0.2, 0.25) is 5.02 Å². The SMILES string of the molecule is Cc1ccccc1C(=O)Nc1ccc(C(=O)N2CCCC(C(CCl)(CC(=O)O)NCC(=O)OC(C)Cl)c3cc(Cl)ccc32)c(C)c1. The number of benzene rings is 3. The molecule has 1 heterocycles. The smallest absolute Gasteiger partial charge is 0.321 e. The first-order valence-corrected chi connectivity index (χ1v) is 16.2. The summed E-state index contributed by atoms with van der Waals surface area (Å²) in [6.07, 6.45) is 0.558. The van der Waals surface area contributed by atoms with Crippen LogP contribution in [0.15, 0.2) is 60.7 Å². The zero-order chi connectivity index (χ0) is 33.6. The van der Waals surface area contributed by atoms with E-state index in [1.54, 1.807) is 60.4 Å². The molecule has 3 aromatic carbocycles. The third-order valence-electron chi connectivity index (χ3n) is 8.13. The number of alkyl halides is 2. The van der Waals surface area contributed by atoms with E-state index in [-0.39, 0.29) is 24.2 Å². The van der Waals surface area contributed by atoms with E-state index in [0.29, 0.717) is 58.0 Å². The van der Waals surface area contributed by atoms with Crippen molar-refractivity contribution in [1.29, 1.82) is 0 Å². The van der Waals surface area contributed by atoms with E-state index in [2.05, 4.69) is 10.6 Å². The fourth-order valence-corrected chi connectivity index (χ4v) is 6.61. The van der Waals surface area contributed by atoms with Gasteiger partial charge in [0.15, 0.2) is 5.56 Å². The third-order valence-corrected chi connectivity index (χ3v) is 8.93.